The van der Waals surface area contributed by atoms with Crippen LogP contribution in [0.4, 0.5) is 0 Å². The van der Waals surface area contributed by atoms with Gasteiger partial charge in [0.1, 0.15) is 6.04 Å². The zero-order chi connectivity index (χ0) is 21.1. The Labute approximate surface area is 169 Å². The summed E-state index contributed by atoms with van der Waals surface area (Å²) in [4.78, 5) is 37.4. The molecule has 2 N–H and O–H groups in total. The molecule has 8 heteroatoms. The maximum Gasteiger partial charge on any atom is 0.303 e. The van der Waals surface area contributed by atoms with E-state index in [9.17, 15) is 14.4 Å². The number of carboxylic acids is 1. The van der Waals surface area contributed by atoms with E-state index in [1.807, 2.05) is 26.0 Å². The zero-order valence-electron chi connectivity index (χ0n) is 16.9. The maximum absolute atomic E-state index is 12.9. The Morgan fingerprint density at radius 3 is 2.52 bits per heavy atom. The minimum absolute atomic E-state index is 0.0587. The van der Waals surface area contributed by atoms with Crippen LogP contribution >= 0.6 is 0 Å². The molecule has 154 valence electrons. The van der Waals surface area contributed by atoms with E-state index in [0.29, 0.717) is 24.9 Å². The molecule has 1 aromatic carbocycles. The lowest BCUT2D eigenvalue weighted by Crippen LogP contribution is -2.44. The van der Waals surface area contributed by atoms with Crippen LogP contribution in [0.3, 0.4) is 0 Å². The molecular weight excluding hydrogens is 372 g/mol. The summed E-state index contributed by atoms with van der Waals surface area (Å²) in [5.74, 6) is -1.13. The first-order valence-corrected chi connectivity index (χ1v) is 9.73. The molecule has 0 unspecified atom stereocenters. The summed E-state index contributed by atoms with van der Waals surface area (Å²) >= 11 is 0. The van der Waals surface area contributed by atoms with Gasteiger partial charge in [-0.3, -0.25) is 14.4 Å². The third-order valence-electron chi connectivity index (χ3n) is 5.45. The summed E-state index contributed by atoms with van der Waals surface area (Å²) in [5.41, 5.74) is 3.94. The number of hydrogen-bond donors (Lipinski definition) is 2. The van der Waals surface area contributed by atoms with Crippen molar-refractivity contribution in [2.45, 2.75) is 45.6 Å². The molecule has 29 heavy (non-hydrogen) atoms. The molecule has 8 nitrogen and oxygen atoms in total. The normalized spacial score (nSPS) is 16.1. The van der Waals surface area contributed by atoms with Gasteiger partial charge in [0.25, 0.3) is 5.91 Å². The fourth-order valence-corrected chi connectivity index (χ4v) is 3.88. The summed E-state index contributed by atoms with van der Waals surface area (Å²) < 4.78 is 1.77. The van der Waals surface area contributed by atoms with E-state index in [1.165, 1.54) is 0 Å². The van der Waals surface area contributed by atoms with Gasteiger partial charge in [-0.25, -0.2) is 4.68 Å². The quantitative estimate of drug-likeness (QED) is 0.773. The molecule has 1 saturated heterocycles. The number of amides is 2. The molecule has 2 amide bonds. The van der Waals surface area contributed by atoms with Gasteiger partial charge in [-0.15, -0.1) is 0 Å². The first-order valence-electron chi connectivity index (χ1n) is 9.73. The lowest BCUT2D eigenvalue weighted by molar-refractivity contribution is -0.137. The van der Waals surface area contributed by atoms with Crippen LogP contribution in [0.5, 0.6) is 0 Å². The number of carbonyl (C=O) groups excluding carboxylic acids is 2. The fraction of sp³-hybridized carbons (Fsp3) is 0.429. The monoisotopic (exact) mass is 398 g/mol. The van der Waals surface area contributed by atoms with Crippen LogP contribution in [0.15, 0.2) is 24.3 Å². The van der Waals surface area contributed by atoms with Crippen molar-refractivity contribution < 1.29 is 19.5 Å². The van der Waals surface area contributed by atoms with Gasteiger partial charge in [-0.1, -0.05) is 0 Å². The number of aryl methyl sites for hydroxylation is 1. The van der Waals surface area contributed by atoms with Gasteiger partial charge in [0.15, 0.2) is 0 Å². The van der Waals surface area contributed by atoms with Gasteiger partial charge < -0.3 is 15.3 Å². The van der Waals surface area contributed by atoms with Crippen LogP contribution < -0.4 is 5.32 Å². The van der Waals surface area contributed by atoms with E-state index >= 15 is 0 Å². The Morgan fingerprint density at radius 1 is 1.21 bits per heavy atom. The standard InChI is InChI=1S/C21H26N4O4/c1-13-17(10-11-19(26)27)14(2)25(23-13)16-8-6-15(7-9-16)21(29)24-12-4-5-18(24)20(28)22-3/h6-9,18H,4-5,10-12H2,1-3H3,(H,22,28)(H,26,27)/t18-/m1/s1. The highest BCUT2D eigenvalue weighted by Crippen LogP contribution is 2.23. The molecule has 0 radical (unpaired) electrons. The highest BCUT2D eigenvalue weighted by atomic mass is 16.4. The Morgan fingerprint density at radius 2 is 1.90 bits per heavy atom. The zero-order valence-corrected chi connectivity index (χ0v) is 16.9. The van der Waals surface area contributed by atoms with Crippen LogP contribution in [-0.2, 0) is 16.0 Å². The molecular formula is C21H26N4O4. The van der Waals surface area contributed by atoms with Gasteiger partial charge in [-0.05, 0) is 62.9 Å². The van der Waals surface area contributed by atoms with Crippen molar-refractivity contribution in [2.75, 3.05) is 13.6 Å². The summed E-state index contributed by atoms with van der Waals surface area (Å²) in [6, 6.07) is 6.70. The number of aromatic nitrogens is 2. The number of likely N-dealkylation sites (N-methyl/N-ethyl adjacent to an activating group) is 1. The third kappa shape index (κ3) is 4.16. The number of carboxylic acid groups (broad SMARTS) is 1. The van der Waals surface area contributed by atoms with Gasteiger partial charge in [0.2, 0.25) is 5.91 Å². The second-order valence-corrected chi connectivity index (χ2v) is 7.27. The molecule has 3 rings (SSSR count). The molecule has 2 heterocycles. The maximum atomic E-state index is 12.9. The molecule has 0 bridgehead atoms. The Hall–Kier alpha value is -3.16. The number of rotatable bonds is 6. The first kappa shape index (κ1) is 20.6. The Balaban J connectivity index is 1.80. The van der Waals surface area contributed by atoms with Crippen molar-refractivity contribution in [2.24, 2.45) is 0 Å². The lowest BCUT2D eigenvalue weighted by Gasteiger charge is -2.23. The SMILES string of the molecule is CNC(=O)[C@H]1CCCN1C(=O)c1ccc(-n2nc(C)c(CCC(=O)O)c2C)cc1. The van der Waals surface area contributed by atoms with Crippen LogP contribution in [-0.4, -0.2) is 57.2 Å². The topological polar surface area (TPSA) is 105 Å². The minimum atomic E-state index is -0.837. The van der Waals surface area contributed by atoms with Crippen LogP contribution in [0.1, 0.15) is 46.6 Å². The minimum Gasteiger partial charge on any atom is -0.481 e. The van der Waals surface area contributed by atoms with E-state index in [4.69, 9.17) is 5.11 Å². The van der Waals surface area contributed by atoms with Crippen molar-refractivity contribution in [1.82, 2.24) is 20.0 Å². The molecule has 0 aliphatic carbocycles. The lowest BCUT2D eigenvalue weighted by atomic mass is 10.1. The van der Waals surface area contributed by atoms with E-state index in [-0.39, 0.29) is 18.2 Å². The van der Waals surface area contributed by atoms with E-state index in [0.717, 1.165) is 29.1 Å². The molecule has 0 saturated carbocycles. The largest absolute Gasteiger partial charge is 0.481 e. The third-order valence-corrected chi connectivity index (χ3v) is 5.45. The number of benzene rings is 1. The fourth-order valence-electron chi connectivity index (χ4n) is 3.88. The van der Waals surface area contributed by atoms with Crippen molar-refractivity contribution in [1.29, 1.82) is 0 Å². The smallest absolute Gasteiger partial charge is 0.303 e. The molecule has 1 fully saturated rings. The number of nitrogens with one attached hydrogen (secondary N) is 1. The number of likely N-dealkylation sites (tertiary alicyclic amines) is 1. The summed E-state index contributed by atoms with van der Waals surface area (Å²) in [6.45, 7) is 4.35. The second kappa shape index (κ2) is 8.46. The average Bonchev–Trinajstić information content (AvgIpc) is 3.30. The molecule has 2 aromatic rings. The molecule has 1 aliphatic rings. The van der Waals surface area contributed by atoms with Crippen LogP contribution in [0.25, 0.3) is 5.69 Å². The number of nitrogens with zero attached hydrogens (tertiary/aromatic N) is 3. The van der Waals surface area contributed by atoms with Crippen molar-refractivity contribution >= 4 is 17.8 Å². The van der Waals surface area contributed by atoms with Crippen LogP contribution in [0, 0.1) is 13.8 Å². The predicted octanol–water partition coefficient (Wildman–Crippen LogP) is 1.86. The molecule has 1 aliphatic heterocycles. The Bertz CT molecular complexity index is 933. The molecule has 1 aromatic heterocycles. The highest BCUT2D eigenvalue weighted by Gasteiger charge is 2.33. The predicted molar refractivity (Wildman–Crippen MR) is 107 cm³/mol. The van der Waals surface area contributed by atoms with Gasteiger partial charge in [0.05, 0.1) is 11.4 Å². The van der Waals surface area contributed by atoms with Crippen molar-refractivity contribution in [3.05, 3.63) is 46.8 Å². The van der Waals surface area contributed by atoms with Gasteiger partial charge in [0, 0.05) is 31.3 Å². The van der Waals surface area contributed by atoms with Gasteiger partial charge >= 0.3 is 5.97 Å². The van der Waals surface area contributed by atoms with E-state index in [2.05, 4.69) is 10.4 Å². The van der Waals surface area contributed by atoms with E-state index in [1.54, 1.807) is 28.8 Å². The number of carbonyl (C=O) groups is 3. The first-order chi connectivity index (χ1) is 13.8. The summed E-state index contributed by atoms with van der Waals surface area (Å²) in [6.07, 6.45) is 1.98. The molecule has 0 spiro atoms. The molecule has 1 atom stereocenters. The number of hydrogen-bond acceptors (Lipinski definition) is 4. The van der Waals surface area contributed by atoms with Crippen molar-refractivity contribution in [3.8, 4) is 5.69 Å². The highest BCUT2D eigenvalue weighted by molar-refractivity contribution is 5.98. The summed E-state index contributed by atoms with van der Waals surface area (Å²) in [7, 11) is 1.58. The Kier molecular flexibility index (Phi) is 6.00. The average molecular weight is 398 g/mol. The number of aliphatic carboxylic acids is 1. The second-order valence-electron chi connectivity index (χ2n) is 7.27. The van der Waals surface area contributed by atoms with Crippen LogP contribution in [0.2, 0.25) is 0 Å². The summed E-state index contributed by atoms with van der Waals surface area (Å²) in [5, 5.41) is 16.1. The van der Waals surface area contributed by atoms with E-state index < -0.39 is 12.0 Å². The van der Waals surface area contributed by atoms with Gasteiger partial charge in [-0.2, -0.15) is 5.10 Å². The van der Waals surface area contributed by atoms with Crippen molar-refractivity contribution in [3.63, 3.8) is 0 Å².